The zero-order valence-corrected chi connectivity index (χ0v) is 13.0. The summed E-state index contributed by atoms with van der Waals surface area (Å²) in [6.07, 6.45) is 0.818. The molecule has 1 heterocycles. The molecular formula is C16H22N2O4. The molecule has 0 unspecified atom stereocenters. The Hall–Kier alpha value is -2.08. The number of aliphatic hydroxyl groups is 1. The van der Waals surface area contributed by atoms with Crippen LogP contribution in [0.4, 0.5) is 0 Å². The normalized spacial score (nSPS) is 21.5. The van der Waals surface area contributed by atoms with Gasteiger partial charge in [0.15, 0.2) is 12.2 Å². The first-order chi connectivity index (χ1) is 10.3. The van der Waals surface area contributed by atoms with Crippen LogP contribution in [0.15, 0.2) is 18.2 Å². The molecule has 2 amide bonds. The number of β-amino-alcohol motifs (C(OH)–C–C–N with tert-alkyl or cyclic N) is 1. The van der Waals surface area contributed by atoms with Gasteiger partial charge in [-0.3, -0.25) is 9.59 Å². The van der Waals surface area contributed by atoms with E-state index in [1.165, 1.54) is 4.90 Å². The Balaban J connectivity index is 1.97. The lowest BCUT2D eigenvalue weighted by Crippen LogP contribution is -2.57. The number of carbonyl (C=O) groups is 2. The number of nitrogens with two attached hydrogens (primary N) is 1. The second kappa shape index (κ2) is 6.36. The quantitative estimate of drug-likeness (QED) is 0.848. The molecule has 120 valence electrons. The van der Waals surface area contributed by atoms with Crippen LogP contribution in [0.1, 0.15) is 24.0 Å². The van der Waals surface area contributed by atoms with E-state index >= 15 is 0 Å². The molecule has 0 bridgehead atoms. The van der Waals surface area contributed by atoms with Crippen molar-refractivity contribution in [3.63, 3.8) is 0 Å². The van der Waals surface area contributed by atoms with Crippen molar-refractivity contribution in [2.24, 2.45) is 5.73 Å². The molecule has 1 fully saturated rings. The third-order valence-electron chi connectivity index (χ3n) is 3.98. The van der Waals surface area contributed by atoms with Crippen LogP contribution in [-0.2, 0) is 9.59 Å². The lowest BCUT2D eigenvalue weighted by molar-refractivity contribution is -0.150. The van der Waals surface area contributed by atoms with Crippen LogP contribution in [-0.4, -0.2) is 47.1 Å². The lowest BCUT2D eigenvalue weighted by Gasteiger charge is -2.36. The molecule has 1 saturated heterocycles. The first-order valence-corrected chi connectivity index (χ1v) is 7.32. The summed E-state index contributed by atoms with van der Waals surface area (Å²) in [6, 6.07) is 5.78. The minimum Gasteiger partial charge on any atom is -0.483 e. The number of rotatable bonds is 4. The number of ether oxygens (including phenoxy) is 1. The van der Waals surface area contributed by atoms with Gasteiger partial charge < -0.3 is 20.5 Å². The Morgan fingerprint density at radius 3 is 2.82 bits per heavy atom. The highest BCUT2D eigenvalue weighted by molar-refractivity contribution is 5.85. The average Bonchev–Trinajstić information content (AvgIpc) is 2.47. The Kier molecular flexibility index (Phi) is 4.71. The summed E-state index contributed by atoms with van der Waals surface area (Å²) in [6.45, 7) is 4.15. The maximum absolute atomic E-state index is 12.2. The fourth-order valence-electron chi connectivity index (χ4n) is 2.54. The number of piperidine rings is 1. The number of primary amides is 1. The van der Waals surface area contributed by atoms with Crippen molar-refractivity contribution in [1.82, 2.24) is 4.90 Å². The Morgan fingerprint density at radius 2 is 2.14 bits per heavy atom. The third kappa shape index (κ3) is 3.57. The number of likely N-dealkylation sites (tertiary alicyclic amines) is 1. The van der Waals surface area contributed by atoms with E-state index in [9.17, 15) is 14.7 Å². The summed E-state index contributed by atoms with van der Waals surface area (Å²) in [5, 5.41) is 10.1. The monoisotopic (exact) mass is 306 g/mol. The van der Waals surface area contributed by atoms with E-state index in [0.717, 1.165) is 11.1 Å². The molecule has 3 N–H and O–H groups in total. The largest absolute Gasteiger partial charge is 0.483 e. The highest BCUT2D eigenvalue weighted by Crippen LogP contribution is 2.22. The van der Waals surface area contributed by atoms with Crippen LogP contribution >= 0.6 is 0 Å². The van der Waals surface area contributed by atoms with E-state index < -0.39 is 11.5 Å². The summed E-state index contributed by atoms with van der Waals surface area (Å²) in [4.78, 5) is 25.0. The highest BCUT2D eigenvalue weighted by atomic mass is 16.5. The molecule has 6 nitrogen and oxygen atoms in total. The van der Waals surface area contributed by atoms with Crippen molar-refractivity contribution in [3.8, 4) is 5.75 Å². The van der Waals surface area contributed by atoms with Crippen molar-refractivity contribution >= 4 is 11.8 Å². The predicted molar refractivity (Wildman–Crippen MR) is 81.4 cm³/mol. The van der Waals surface area contributed by atoms with Gasteiger partial charge in [-0.1, -0.05) is 12.1 Å². The lowest BCUT2D eigenvalue weighted by atomic mass is 9.92. The molecule has 1 aromatic rings. The van der Waals surface area contributed by atoms with Crippen molar-refractivity contribution < 1.29 is 19.4 Å². The van der Waals surface area contributed by atoms with Gasteiger partial charge in [0.25, 0.3) is 11.8 Å². The number of benzene rings is 1. The molecule has 1 aliphatic heterocycles. The van der Waals surface area contributed by atoms with Crippen LogP contribution < -0.4 is 10.5 Å². The molecule has 0 spiro atoms. The molecule has 2 rings (SSSR count). The van der Waals surface area contributed by atoms with Gasteiger partial charge in [0.05, 0.1) is 6.54 Å². The summed E-state index contributed by atoms with van der Waals surface area (Å²) < 4.78 is 5.57. The third-order valence-corrected chi connectivity index (χ3v) is 3.98. The standard InChI is InChI=1S/C16H22N2O4/c1-11-4-5-12(2)13(8-11)22-9-14(19)18-7-3-6-16(21,10-18)15(17)20/h4-5,8,21H,3,6-7,9-10H2,1-2H3,(H2,17,20)/t16-/m1/s1. The number of hydrogen-bond donors (Lipinski definition) is 2. The molecule has 6 heteroatoms. The van der Waals surface area contributed by atoms with Crippen molar-refractivity contribution in [2.75, 3.05) is 19.7 Å². The van der Waals surface area contributed by atoms with Crippen LogP contribution in [0, 0.1) is 13.8 Å². The number of aryl methyl sites for hydroxylation is 2. The van der Waals surface area contributed by atoms with Gasteiger partial charge >= 0.3 is 0 Å². The van der Waals surface area contributed by atoms with E-state index in [2.05, 4.69) is 0 Å². The number of hydrogen-bond acceptors (Lipinski definition) is 4. The van der Waals surface area contributed by atoms with Crippen LogP contribution in [0.3, 0.4) is 0 Å². The summed E-state index contributed by atoms with van der Waals surface area (Å²) in [5.74, 6) is -0.392. The van der Waals surface area contributed by atoms with E-state index in [4.69, 9.17) is 10.5 Å². The Labute approximate surface area is 129 Å². The molecule has 0 saturated carbocycles. The zero-order valence-electron chi connectivity index (χ0n) is 13.0. The SMILES string of the molecule is Cc1ccc(C)c(OCC(=O)N2CCC[C@](O)(C(N)=O)C2)c1. The van der Waals surface area contributed by atoms with Gasteiger partial charge in [-0.05, 0) is 43.9 Å². The summed E-state index contributed by atoms with van der Waals surface area (Å²) in [7, 11) is 0. The molecule has 0 aliphatic carbocycles. The van der Waals surface area contributed by atoms with Crippen molar-refractivity contribution in [3.05, 3.63) is 29.3 Å². The first-order valence-electron chi connectivity index (χ1n) is 7.32. The minimum atomic E-state index is -1.63. The Morgan fingerprint density at radius 1 is 1.41 bits per heavy atom. The van der Waals surface area contributed by atoms with E-state index in [0.29, 0.717) is 18.7 Å². The van der Waals surface area contributed by atoms with Gasteiger partial charge in [-0.2, -0.15) is 0 Å². The van der Waals surface area contributed by atoms with Gasteiger partial charge in [-0.25, -0.2) is 0 Å². The summed E-state index contributed by atoms with van der Waals surface area (Å²) >= 11 is 0. The highest BCUT2D eigenvalue weighted by Gasteiger charge is 2.40. The molecule has 1 aliphatic rings. The number of nitrogens with zero attached hydrogens (tertiary/aromatic N) is 1. The van der Waals surface area contributed by atoms with Crippen LogP contribution in [0.2, 0.25) is 0 Å². The average molecular weight is 306 g/mol. The zero-order chi connectivity index (χ0) is 16.3. The van der Waals surface area contributed by atoms with Crippen LogP contribution in [0.25, 0.3) is 0 Å². The smallest absolute Gasteiger partial charge is 0.260 e. The molecule has 1 aromatic carbocycles. The Bertz CT molecular complexity index is 588. The number of amides is 2. The summed E-state index contributed by atoms with van der Waals surface area (Å²) in [5.41, 5.74) is 5.58. The second-order valence-electron chi connectivity index (χ2n) is 5.87. The molecular weight excluding hydrogens is 284 g/mol. The van der Waals surface area contributed by atoms with Crippen molar-refractivity contribution in [2.45, 2.75) is 32.3 Å². The topological polar surface area (TPSA) is 92.9 Å². The van der Waals surface area contributed by atoms with E-state index in [1.807, 2.05) is 32.0 Å². The molecule has 0 aromatic heterocycles. The van der Waals surface area contributed by atoms with Crippen LogP contribution in [0.5, 0.6) is 5.75 Å². The predicted octanol–water partition coefficient (Wildman–Crippen LogP) is 0.521. The van der Waals surface area contributed by atoms with Gasteiger partial charge in [0.2, 0.25) is 0 Å². The van der Waals surface area contributed by atoms with E-state index in [1.54, 1.807) is 0 Å². The van der Waals surface area contributed by atoms with Crippen molar-refractivity contribution in [1.29, 1.82) is 0 Å². The maximum atomic E-state index is 12.2. The van der Waals surface area contributed by atoms with Gasteiger partial charge in [0.1, 0.15) is 5.75 Å². The maximum Gasteiger partial charge on any atom is 0.260 e. The second-order valence-corrected chi connectivity index (χ2v) is 5.87. The minimum absolute atomic E-state index is 0.0721. The van der Waals surface area contributed by atoms with E-state index in [-0.39, 0.29) is 25.5 Å². The van der Waals surface area contributed by atoms with Gasteiger partial charge in [0, 0.05) is 6.54 Å². The molecule has 22 heavy (non-hydrogen) atoms. The fourth-order valence-corrected chi connectivity index (χ4v) is 2.54. The van der Waals surface area contributed by atoms with Gasteiger partial charge in [-0.15, -0.1) is 0 Å². The fraction of sp³-hybridized carbons (Fsp3) is 0.500. The molecule has 1 atom stereocenters. The molecule has 0 radical (unpaired) electrons. The first kappa shape index (κ1) is 16.3. The number of carbonyl (C=O) groups excluding carboxylic acids is 2.